The maximum atomic E-state index is 11.6. The minimum Gasteiger partial charge on any atom is -0.478 e. The van der Waals surface area contributed by atoms with Gasteiger partial charge in [0.05, 0.1) is 28.7 Å². The van der Waals surface area contributed by atoms with Gasteiger partial charge in [0.25, 0.3) is 0 Å². The monoisotopic (exact) mass is 288 g/mol. The SMILES string of the molecule is CCCc1nc2cccc(C(=O)O)c2n1C1(CO)CCC1. The van der Waals surface area contributed by atoms with Crippen molar-refractivity contribution in [2.24, 2.45) is 0 Å². The van der Waals surface area contributed by atoms with E-state index in [0.29, 0.717) is 11.0 Å². The predicted molar refractivity (Wildman–Crippen MR) is 79.6 cm³/mol. The van der Waals surface area contributed by atoms with Crippen LogP contribution in [0, 0.1) is 0 Å². The number of aliphatic hydroxyl groups is 1. The molecular formula is C16H20N2O3. The quantitative estimate of drug-likeness (QED) is 0.886. The first-order valence-electron chi connectivity index (χ1n) is 7.48. The van der Waals surface area contributed by atoms with Crippen LogP contribution in [0.25, 0.3) is 11.0 Å². The van der Waals surface area contributed by atoms with Gasteiger partial charge in [-0.15, -0.1) is 0 Å². The van der Waals surface area contributed by atoms with E-state index in [9.17, 15) is 15.0 Å². The number of hydrogen-bond acceptors (Lipinski definition) is 3. The molecule has 1 saturated carbocycles. The molecule has 2 aromatic rings. The maximum absolute atomic E-state index is 11.6. The molecule has 5 heteroatoms. The van der Waals surface area contributed by atoms with Crippen LogP contribution in [-0.4, -0.2) is 32.3 Å². The van der Waals surface area contributed by atoms with Crippen molar-refractivity contribution >= 4 is 17.0 Å². The highest BCUT2D eigenvalue weighted by Gasteiger charge is 2.41. The fourth-order valence-corrected chi connectivity index (χ4v) is 3.29. The van der Waals surface area contributed by atoms with E-state index in [1.165, 1.54) is 0 Å². The topological polar surface area (TPSA) is 75.3 Å². The van der Waals surface area contributed by atoms with Crippen molar-refractivity contribution in [1.29, 1.82) is 0 Å². The lowest BCUT2D eigenvalue weighted by Crippen LogP contribution is -2.45. The van der Waals surface area contributed by atoms with E-state index in [4.69, 9.17) is 0 Å². The van der Waals surface area contributed by atoms with Crippen molar-refractivity contribution in [2.75, 3.05) is 6.61 Å². The summed E-state index contributed by atoms with van der Waals surface area (Å²) in [5.41, 5.74) is 1.26. The highest BCUT2D eigenvalue weighted by Crippen LogP contribution is 2.42. The van der Waals surface area contributed by atoms with Gasteiger partial charge in [-0.05, 0) is 37.8 Å². The number of aromatic carboxylic acids is 1. The average Bonchev–Trinajstić information content (AvgIpc) is 2.77. The van der Waals surface area contributed by atoms with Crippen LogP contribution in [0.2, 0.25) is 0 Å². The molecular weight excluding hydrogens is 268 g/mol. The van der Waals surface area contributed by atoms with E-state index < -0.39 is 5.97 Å². The Hall–Kier alpha value is -1.88. The van der Waals surface area contributed by atoms with Crippen LogP contribution in [0.5, 0.6) is 0 Å². The molecule has 0 saturated heterocycles. The summed E-state index contributed by atoms with van der Waals surface area (Å²) in [4.78, 5) is 16.2. The Morgan fingerprint density at radius 3 is 2.71 bits per heavy atom. The summed E-state index contributed by atoms with van der Waals surface area (Å²) in [5.74, 6) is -0.0628. The molecule has 3 rings (SSSR count). The number of benzene rings is 1. The molecule has 21 heavy (non-hydrogen) atoms. The number of aryl methyl sites for hydroxylation is 1. The highest BCUT2D eigenvalue weighted by atomic mass is 16.4. The number of imidazole rings is 1. The molecule has 0 bridgehead atoms. The second-order valence-corrected chi connectivity index (χ2v) is 5.83. The van der Waals surface area contributed by atoms with Crippen molar-refractivity contribution in [3.63, 3.8) is 0 Å². The van der Waals surface area contributed by atoms with Crippen molar-refractivity contribution < 1.29 is 15.0 Å². The Morgan fingerprint density at radius 1 is 1.43 bits per heavy atom. The molecule has 1 aromatic carbocycles. The van der Waals surface area contributed by atoms with Gasteiger partial charge in [0.15, 0.2) is 0 Å². The molecule has 2 N–H and O–H groups in total. The van der Waals surface area contributed by atoms with E-state index in [1.54, 1.807) is 12.1 Å². The van der Waals surface area contributed by atoms with Gasteiger partial charge in [-0.2, -0.15) is 0 Å². The van der Waals surface area contributed by atoms with Crippen molar-refractivity contribution in [1.82, 2.24) is 9.55 Å². The molecule has 1 fully saturated rings. The molecule has 1 aliphatic rings. The standard InChI is InChI=1S/C16H20N2O3/c1-2-5-13-17-12-7-3-6-11(15(20)21)14(12)18(13)16(10-19)8-4-9-16/h3,6-7,19H,2,4-5,8-10H2,1H3,(H,20,21). The molecule has 0 radical (unpaired) electrons. The van der Waals surface area contributed by atoms with Gasteiger partial charge in [-0.25, -0.2) is 9.78 Å². The van der Waals surface area contributed by atoms with Gasteiger partial charge < -0.3 is 14.8 Å². The minimum absolute atomic E-state index is 0.0309. The number of rotatable bonds is 5. The van der Waals surface area contributed by atoms with E-state index in [1.807, 2.05) is 10.6 Å². The van der Waals surface area contributed by atoms with Crippen molar-refractivity contribution in [3.05, 3.63) is 29.6 Å². The molecule has 1 heterocycles. The summed E-state index contributed by atoms with van der Waals surface area (Å²) in [6.45, 7) is 2.11. The zero-order chi connectivity index (χ0) is 15.0. The lowest BCUT2D eigenvalue weighted by atomic mass is 9.76. The number of fused-ring (bicyclic) bond motifs is 1. The summed E-state index contributed by atoms with van der Waals surface area (Å²) in [6.07, 6.45) is 4.53. The smallest absolute Gasteiger partial charge is 0.337 e. The average molecular weight is 288 g/mol. The minimum atomic E-state index is -0.947. The normalized spacial score (nSPS) is 16.9. The Kier molecular flexibility index (Phi) is 3.45. The molecule has 112 valence electrons. The highest BCUT2D eigenvalue weighted by molar-refractivity contribution is 6.01. The number of carbonyl (C=O) groups is 1. The Labute approximate surface area is 123 Å². The van der Waals surface area contributed by atoms with E-state index in [-0.39, 0.29) is 17.7 Å². The first-order chi connectivity index (χ1) is 10.1. The van der Waals surface area contributed by atoms with Crippen molar-refractivity contribution in [2.45, 2.75) is 44.6 Å². The number of nitrogens with zero attached hydrogens (tertiary/aromatic N) is 2. The zero-order valence-electron chi connectivity index (χ0n) is 12.2. The molecule has 0 unspecified atom stereocenters. The summed E-state index contributed by atoms with van der Waals surface area (Å²) in [7, 11) is 0. The molecule has 1 aliphatic carbocycles. The number of para-hydroxylation sites is 1. The van der Waals surface area contributed by atoms with E-state index in [2.05, 4.69) is 11.9 Å². The van der Waals surface area contributed by atoms with Crippen LogP contribution >= 0.6 is 0 Å². The van der Waals surface area contributed by atoms with Crippen LogP contribution in [0.15, 0.2) is 18.2 Å². The molecule has 0 spiro atoms. The van der Waals surface area contributed by atoms with Gasteiger partial charge in [0.1, 0.15) is 5.82 Å². The third kappa shape index (κ3) is 2.03. The van der Waals surface area contributed by atoms with Crippen LogP contribution < -0.4 is 0 Å². The third-order valence-electron chi connectivity index (χ3n) is 4.50. The van der Waals surface area contributed by atoms with Crippen LogP contribution in [0.4, 0.5) is 0 Å². The van der Waals surface area contributed by atoms with Crippen molar-refractivity contribution in [3.8, 4) is 0 Å². The number of carboxylic acid groups (broad SMARTS) is 1. The molecule has 1 aromatic heterocycles. The van der Waals surface area contributed by atoms with Gasteiger partial charge >= 0.3 is 5.97 Å². The Bertz CT molecular complexity index is 681. The van der Waals surface area contributed by atoms with Crippen LogP contribution in [0.1, 0.15) is 48.8 Å². The fraction of sp³-hybridized carbons (Fsp3) is 0.500. The number of aromatic nitrogens is 2. The Balaban J connectivity index is 2.32. The summed E-state index contributed by atoms with van der Waals surface area (Å²) >= 11 is 0. The van der Waals surface area contributed by atoms with Gasteiger partial charge in [-0.3, -0.25) is 0 Å². The lowest BCUT2D eigenvalue weighted by Gasteiger charge is -2.43. The van der Waals surface area contributed by atoms with Gasteiger partial charge in [-0.1, -0.05) is 13.0 Å². The summed E-state index contributed by atoms with van der Waals surface area (Å²) in [5, 5.41) is 19.4. The second-order valence-electron chi connectivity index (χ2n) is 5.83. The molecule has 0 atom stereocenters. The van der Waals surface area contributed by atoms with Crippen LogP contribution in [0.3, 0.4) is 0 Å². The lowest BCUT2D eigenvalue weighted by molar-refractivity contribution is 0.0556. The summed E-state index contributed by atoms with van der Waals surface area (Å²) < 4.78 is 2.01. The summed E-state index contributed by atoms with van der Waals surface area (Å²) in [6, 6.07) is 5.19. The third-order valence-corrected chi connectivity index (χ3v) is 4.50. The molecule has 0 amide bonds. The number of aliphatic hydroxyl groups excluding tert-OH is 1. The Morgan fingerprint density at radius 2 is 2.19 bits per heavy atom. The number of carboxylic acids is 1. The maximum Gasteiger partial charge on any atom is 0.337 e. The van der Waals surface area contributed by atoms with Gasteiger partial charge in [0, 0.05) is 6.42 Å². The first-order valence-corrected chi connectivity index (χ1v) is 7.48. The molecule has 5 nitrogen and oxygen atoms in total. The second kappa shape index (κ2) is 5.15. The fourth-order valence-electron chi connectivity index (χ4n) is 3.29. The van der Waals surface area contributed by atoms with Gasteiger partial charge in [0.2, 0.25) is 0 Å². The van der Waals surface area contributed by atoms with E-state index in [0.717, 1.165) is 37.9 Å². The first kappa shape index (κ1) is 14.1. The largest absolute Gasteiger partial charge is 0.478 e. The number of hydrogen-bond donors (Lipinski definition) is 2. The van der Waals surface area contributed by atoms with Crippen LogP contribution in [-0.2, 0) is 12.0 Å². The zero-order valence-corrected chi connectivity index (χ0v) is 12.2. The van der Waals surface area contributed by atoms with E-state index >= 15 is 0 Å². The predicted octanol–water partition coefficient (Wildman–Crippen LogP) is 2.56. The molecule has 0 aliphatic heterocycles.